The van der Waals surface area contributed by atoms with Crippen molar-refractivity contribution in [3.05, 3.63) is 35.4 Å². The van der Waals surface area contributed by atoms with Crippen molar-refractivity contribution < 1.29 is 14.4 Å². The van der Waals surface area contributed by atoms with Gasteiger partial charge in [-0.25, -0.2) is 4.79 Å². The third-order valence-electron chi connectivity index (χ3n) is 4.30. The third-order valence-corrected chi connectivity index (χ3v) is 4.30. The number of halogens is 1. The Morgan fingerprint density at radius 3 is 2.40 bits per heavy atom. The molecule has 2 rings (SSSR count). The van der Waals surface area contributed by atoms with Crippen LogP contribution < -0.4 is 21.7 Å². The van der Waals surface area contributed by atoms with E-state index in [4.69, 9.17) is 5.73 Å². The monoisotopic (exact) mass is 368 g/mol. The van der Waals surface area contributed by atoms with Gasteiger partial charge in [0.25, 0.3) is 11.8 Å². The Balaban J connectivity index is 0.00000312. The van der Waals surface area contributed by atoms with Crippen molar-refractivity contribution in [2.75, 3.05) is 6.54 Å². The molecule has 0 saturated carbocycles. The fourth-order valence-corrected chi connectivity index (χ4v) is 2.67. The highest BCUT2D eigenvalue weighted by molar-refractivity contribution is 6.07. The summed E-state index contributed by atoms with van der Waals surface area (Å²) in [4.78, 5) is 35.6. The molecule has 5 N–H and O–H groups in total. The first-order valence-corrected chi connectivity index (χ1v) is 8.15. The lowest BCUT2D eigenvalue weighted by Crippen LogP contribution is -2.41. The summed E-state index contributed by atoms with van der Waals surface area (Å²) in [7, 11) is 0. The van der Waals surface area contributed by atoms with Gasteiger partial charge in [0.1, 0.15) is 5.54 Å². The quantitative estimate of drug-likeness (QED) is 0.545. The summed E-state index contributed by atoms with van der Waals surface area (Å²) in [5.41, 5.74) is 5.68. The van der Waals surface area contributed by atoms with Crippen LogP contribution in [0.2, 0.25) is 0 Å². The molecule has 1 heterocycles. The summed E-state index contributed by atoms with van der Waals surface area (Å²) in [6.45, 7) is 4.11. The van der Waals surface area contributed by atoms with E-state index in [1.165, 1.54) is 0 Å². The number of rotatable bonds is 7. The molecule has 2 unspecified atom stereocenters. The minimum Gasteiger partial charge on any atom is -0.348 e. The van der Waals surface area contributed by atoms with Gasteiger partial charge >= 0.3 is 6.03 Å². The van der Waals surface area contributed by atoms with Crippen molar-refractivity contribution in [3.8, 4) is 0 Å². The van der Waals surface area contributed by atoms with Gasteiger partial charge < -0.3 is 16.4 Å². The predicted octanol–water partition coefficient (Wildman–Crippen LogP) is 1.41. The van der Waals surface area contributed by atoms with Crippen LogP contribution in [0.15, 0.2) is 24.3 Å². The lowest BCUT2D eigenvalue weighted by molar-refractivity contribution is -0.123. The summed E-state index contributed by atoms with van der Waals surface area (Å²) >= 11 is 0. The van der Waals surface area contributed by atoms with Gasteiger partial charge in [-0.15, -0.1) is 12.4 Å². The second kappa shape index (κ2) is 8.82. The Hall–Kier alpha value is -2.12. The van der Waals surface area contributed by atoms with Gasteiger partial charge in [0.05, 0.1) is 0 Å². The molecule has 0 aliphatic carbocycles. The fraction of sp³-hybridized carbons (Fsp3) is 0.471. The van der Waals surface area contributed by atoms with Gasteiger partial charge in [-0.1, -0.05) is 31.9 Å². The van der Waals surface area contributed by atoms with E-state index in [1.54, 1.807) is 31.2 Å². The number of benzene rings is 1. The highest BCUT2D eigenvalue weighted by Crippen LogP contribution is 2.24. The molecule has 25 heavy (non-hydrogen) atoms. The second-order valence-electron chi connectivity index (χ2n) is 6.16. The standard InChI is InChI=1S/C17H24N4O3.ClH/c1-3-4-5-13(10-18)19-14(22)11-6-8-12(9-7-11)17(2)15(23)20-16(24)21-17;/h6-9,13H,3-5,10,18H2,1-2H3,(H,19,22)(H2,20,21,23,24);1H. The summed E-state index contributed by atoms with van der Waals surface area (Å²) in [6.07, 6.45) is 2.91. The number of nitrogens with one attached hydrogen (secondary N) is 3. The van der Waals surface area contributed by atoms with Crippen LogP contribution in [0.1, 0.15) is 49.0 Å². The van der Waals surface area contributed by atoms with Crippen LogP contribution in [0.4, 0.5) is 4.79 Å². The number of nitrogens with two attached hydrogens (primary N) is 1. The van der Waals surface area contributed by atoms with E-state index < -0.39 is 17.5 Å². The molecule has 1 aliphatic rings. The van der Waals surface area contributed by atoms with Crippen LogP contribution in [0.3, 0.4) is 0 Å². The highest BCUT2D eigenvalue weighted by atomic mass is 35.5. The molecular weight excluding hydrogens is 344 g/mol. The molecule has 0 aromatic heterocycles. The maximum Gasteiger partial charge on any atom is 0.322 e. The number of amides is 4. The Kier molecular flexibility index (Phi) is 7.38. The number of carbonyl (C=O) groups excluding carboxylic acids is 3. The van der Waals surface area contributed by atoms with Gasteiger partial charge in [0.2, 0.25) is 0 Å². The molecule has 1 aromatic carbocycles. The van der Waals surface area contributed by atoms with Crippen LogP contribution in [0.25, 0.3) is 0 Å². The number of urea groups is 1. The van der Waals surface area contributed by atoms with Crippen molar-refractivity contribution in [1.29, 1.82) is 0 Å². The number of unbranched alkanes of at least 4 members (excludes halogenated alkanes) is 1. The van der Waals surface area contributed by atoms with Gasteiger partial charge in [0.15, 0.2) is 0 Å². The molecule has 7 nitrogen and oxygen atoms in total. The zero-order valence-electron chi connectivity index (χ0n) is 14.4. The van der Waals surface area contributed by atoms with Gasteiger partial charge in [-0.05, 0) is 31.0 Å². The Morgan fingerprint density at radius 2 is 1.92 bits per heavy atom. The molecule has 1 aromatic rings. The smallest absolute Gasteiger partial charge is 0.322 e. The largest absolute Gasteiger partial charge is 0.348 e. The predicted molar refractivity (Wildman–Crippen MR) is 97.6 cm³/mol. The molecule has 4 amide bonds. The third kappa shape index (κ3) is 4.70. The summed E-state index contributed by atoms with van der Waals surface area (Å²) in [5, 5.41) is 7.73. The first-order chi connectivity index (χ1) is 11.4. The average molecular weight is 369 g/mol. The van der Waals surface area contributed by atoms with E-state index in [-0.39, 0.29) is 24.4 Å². The minimum absolute atomic E-state index is 0. The molecular formula is C17H25ClN4O3. The van der Waals surface area contributed by atoms with Gasteiger partial charge in [-0.3, -0.25) is 14.9 Å². The van der Waals surface area contributed by atoms with Gasteiger partial charge in [0, 0.05) is 18.2 Å². The molecule has 0 bridgehead atoms. The number of hydrogen-bond donors (Lipinski definition) is 4. The van der Waals surface area contributed by atoms with Crippen molar-refractivity contribution in [2.24, 2.45) is 5.73 Å². The zero-order valence-corrected chi connectivity index (χ0v) is 15.2. The molecule has 1 aliphatic heterocycles. The lowest BCUT2D eigenvalue weighted by atomic mass is 9.91. The molecule has 1 saturated heterocycles. The van der Waals surface area contributed by atoms with Crippen molar-refractivity contribution >= 4 is 30.3 Å². The van der Waals surface area contributed by atoms with Crippen LogP contribution in [-0.2, 0) is 10.3 Å². The Bertz CT molecular complexity index is 635. The van der Waals surface area contributed by atoms with Crippen molar-refractivity contribution in [2.45, 2.75) is 44.7 Å². The summed E-state index contributed by atoms with van der Waals surface area (Å²) in [6, 6.07) is 6.05. The number of imide groups is 1. The molecule has 0 radical (unpaired) electrons. The van der Waals surface area contributed by atoms with E-state index in [0.29, 0.717) is 17.7 Å². The van der Waals surface area contributed by atoms with E-state index in [9.17, 15) is 14.4 Å². The van der Waals surface area contributed by atoms with Crippen LogP contribution in [0, 0.1) is 0 Å². The Morgan fingerprint density at radius 1 is 1.28 bits per heavy atom. The Labute approximate surface area is 153 Å². The van der Waals surface area contributed by atoms with E-state index in [1.807, 2.05) is 0 Å². The second-order valence-corrected chi connectivity index (χ2v) is 6.16. The minimum atomic E-state index is -1.12. The maximum absolute atomic E-state index is 12.3. The molecule has 0 spiro atoms. The first-order valence-electron chi connectivity index (χ1n) is 8.15. The van der Waals surface area contributed by atoms with Gasteiger partial charge in [-0.2, -0.15) is 0 Å². The molecule has 1 fully saturated rings. The van der Waals surface area contributed by atoms with E-state index >= 15 is 0 Å². The van der Waals surface area contributed by atoms with E-state index in [0.717, 1.165) is 19.3 Å². The first kappa shape index (κ1) is 20.9. The topological polar surface area (TPSA) is 113 Å². The summed E-state index contributed by atoms with van der Waals surface area (Å²) < 4.78 is 0. The normalized spacial score (nSPS) is 20.3. The van der Waals surface area contributed by atoms with Crippen LogP contribution in [0.5, 0.6) is 0 Å². The van der Waals surface area contributed by atoms with E-state index in [2.05, 4.69) is 22.9 Å². The van der Waals surface area contributed by atoms with Crippen LogP contribution in [-0.4, -0.2) is 30.4 Å². The maximum atomic E-state index is 12.3. The molecule has 8 heteroatoms. The molecule has 2 atom stereocenters. The SMILES string of the molecule is CCCCC(CN)NC(=O)c1ccc(C2(C)NC(=O)NC2=O)cc1.Cl. The zero-order chi connectivity index (χ0) is 17.7. The summed E-state index contributed by atoms with van der Waals surface area (Å²) in [5.74, 6) is -0.606. The van der Waals surface area contributed by atoms with Crippen molar-refractivity contribution in [3.63, 3.8) is 0 Å². The number of carbonyl (C=O) groups is 3. The fourth-order valence-electron chi connectivity index (χ4n) is 2.67. The van der Waals surface area contributed by atoms with Crippen molar-refractivity contribution in [1.82, 2.24) is 16.0 Å². The molecule has 138 valence electrons. The van der Waals surface area contributed by atoms with Crippen LogP contribution >= 0.6 is 12.4 Å². The highest BCUT2D eigenvalue weighted by Gasteiger charge is 2.43. The average Bonchev–Trinajstić information content (AvgIpc) is 2.84. The number of hydrogen-bond acceptors (Lipinski definition) is 4. The lowest BCUT2D eigenvalue weighted by Gasteiger charge is -2.21.